The van der Waals surface area contributed by atoms with E-state index in [9.17, 15) is 0 Å². The van der Waals surface area contributed by atoms with Crippen molar-refractivity contribution in [1.29, 1.82) is 0 Å². The van der Waals surface area contributed by atoms with Crippen molar-refractivity contribution in [2.45, 2.75) is 6.54 Å². The maximum atomic E-state index is 5.65. The first-order chi connectivity index (χ1) is 7.70. The van der Waals surface area contributed by atoms with Crippen molar-refractivity contribution in [2.75, 3.05) is 39.0 Å². The maximum Gasteiger partial charge on any atom is 0.180 e. The summed E-state index contributed by atoms with van der Waals surface area (Å²) in [5, 5.41) is 0.689. The average Bonchev–Trinajstić information content (AvgIpc) is 2.81. The number of hydrogen-bond acceptors (Lipinski definition) is 5. The molecule has 1 aromatic rings. The van der Waals surface area contributed by atoms with Crippen LogP contribution in [0.2, 0.25) is 0 Å². The van der Waals surface area contributed by atoms with Crippen molar-refractivity contribution < 1.29 is 0 Å². The first kappa shape index (κ1) is 13.1. The number of thiazole rings is 1. The number of halogens is 1. The van der Waals surface area contributed by atoms with Crippen LogP contribution in [0.15, 0.2) is 6.20 Å². The van der Waals surface area contributed by atoms with Gasteiger partial charge in [0.2, 0.25) is 0 Å². The lowest BCUT2D eigenvalue weighted by molar-refractivity contribution is 0.274. The first-order valence-electron chi connectivity index (χ1n) is 5.82. The normalized spacial score (nSPS) is 29.2. The molecule has 0 bridgehead atoms. The number of nitrogens with two attached hydrogens (primary N) is 1. The molecule has 2 fully saturated rings. The number of rotatable bonds is 2. The Morgan fingerprint density at radius 1 is 1.35 bits per heavy atom. The van der Waals surface area contributed by atoms with Gasteiger partial charge in [-0.05, 0) is 18.9 Å². The number of nitrogen functional groups attached to an aromatic ring is 1. The molecular formula is C11H19ClN4S. The molecular weight excluding hydrogens is 256 g/mol. The highest BCUT2D eigenvalue weighted by Gasteiger charge is 2.38. The Morgan fingerprint density at radius 2 is 2.00 bits per heavy atom. The summed E-state index contributed by atoms with van der Waals surface area (Å²) in [5.41, 5.74) is 5.65. The summed E-state index contributed by atoms with van der Waals surface area (Å²) in [4.78, 5) is 10.4. The zero-order chi connectivity index (χ0) is 11.1. The fourth-order valence-corrected chi connectivity index (χ4v) is 3.80. The molecule has 2 N–H and O–H groups in total. The third kappa shape index (κ3) is 2.73. The zero-order valence-corrected chi connectivity index (χ0v) is 11.6. The quantitative estimate of drug-likeness (QED) is 0.879. The largest absolute Gasteiger partial charge is 0.375 e. The number of hydrogen-bond donors (Lipinski definition) is 1. The number of likely N-dealkylation sites (tertiary alicyclic amines) is 2. The lowest BCUT2D eigenvalue weighted by Gasteiger charge is -2.17. The van der Waals surface area contributed by atoms with Crippen molar-refractivity contribution in [3.8, 4) is 0 Å². The summed E-state index contributed by atoms with van der Waals surface area (Å²) < 4.78 is 0. The standard InChI is InChI=1S/C11H18N4S.ClH/c1-14-3-8-5-15(6-9(8)4-14)7-10-2-13-11(12)16-10;/h2,8-9H,3-7H2,1H3,(H2,12,13);1H/t8-,9+;. The van der Waals surface area contributed by atoms with Crippen molar-refractivity contribution in [1.82, 2.24) is 14.8 Å². The highest BCUT2D eigenvalue weighted by atomic mass is 35.5. The highest BCUT2D eigenvalue weighted by molar-refractivity contribution is 7.15. The molecule has 0 radical (unpaired) electrons. The Morgan fingerprint density at radius 3 is 2.53 bits per heavy atom. The van der Waals surface area contributed by atoms with Crippen LogP contribution in [-0.2, 0) is 6.54 Å². The van der Waals surface area contributed by atoms with E-state index in [1.165, 1.54) is 31.1 Å². The van der Waals surface area contributed by atoms with E-state index in [1.54, 1.807) is 11.3 Å². The minimum absolute atomic E-state index is 0. The predicted octanol–water partition coefficient (Wildman–Crippen LogP) is 1.14. The molecule has 0 saturated carbocycles. The van der Waals surface area contributed by atoms with E-state index >= 15 is 0 Å². The summed E-state index contributed by atoms with van der Waals surface area (Å²) in [6.07, 6.45) is 1.92. The van der Waals surface area contributed by atoms with Gasteiger partial charge < -0.3 is 10.6 Å². The van der Waals surface area contributed by atoms with Gasteiger partial charge in [-0.1, -0.05) is 0 Å². The molecule has 0 amide bonds. The van der Waals surface area contributed by atoms with Crippen molar-refractivity contribution in [2.24, 2.45) is 11.8 Å². The molecule has 4 nitrogen and oxygen atoms in total. The van der Waals surface area contributed by atoms with E-state index in [0.29, 0.717) is 5.13 Å². The van der Waals surface area contributed by atoms with E-state index < -0.39 is 0 Å². The molecule has 2 atom stereocenters. The van der Waals surface area contributed by atoms with Crippen LogP contribution in [0.5, 0.6) is 0 Å². The number of fused-ring (bicyclic) bond motifs is 1. The van der Waals surface area contributed by atoms with Gasteiger partial charge in [0, 0.05) is 43.8 Å². The van der Waals surface area contributed by atoms with E-state index in [1.807, 2.05) is 6.20 Å². The van der Waals surface area contributed by atoms with Crippen LogP contribution in [0.3, 0.4) is 0 Å². The van der Waals surface area contributed by atoms with Crippen LogP contribution < -0.4 is 5.73 Å². The van der Waals surface area contributed by atoms with E-state index in [0.717, 1.165) is 18.4 Å². The molecule has 0 aromatic carbocycles. The predicted molar refractivity (Wildman–Crippen MR) is 73.5 cm³/mol. The summed E-state index contributed by atoms with van der Waals surface area (Å²) in [6.45, 7) is 6.06. The zero-order valence-electron chi connectivity index (χ0n) is 10.0. The maximum absolute atomic E-state index is 5.65. The van der Waals surface area contributed by atoms with Gasteiger partial charge in [-0.25, -0.2) is 4.98 Å². The molecule has 2 aliphatic heterocycles. The minimum atomic E-state index is 0. The lowest BCUT2D eigenvalue weighted by atomic mass is 10.0. The molecule has 6 heteroatoms. The van der Waals surface area contributed by atoms with Gasteiger partial charge in [0.15, 0.2) is 5.13 Å². The fraction of sp³-hybridized carbons (Fsp3) is 0.727. The summed E-state index contributed by atoms with van der Waals surface area (Å²) >= 11 is 1.62. The van der Waals surface area contributed by atoms with Gasteiger partial charge >= 0.3 is 0 Å². The van der Waals surface area contributed by atoms with Gasteiger partial charge in [0.25, 0.3) is 0 Å². The van der Waals surface area contributed by atoms with E-state index in [4.69, 9.17) is 5.73 Å². The van der Waals surface area contributed by atoms with Gasteiger partial charge in [0.05, 0.1) is 0 Å². The third-order valence-electron chi connectivity index (χ3n) is 3.70. The summed E-state index contributed by atoms with van der Waals surface area (Å²) in [5.74, 6) is 1.77. The molecule has 17 heavy (non-hydrogen) atoms. The van der Waals surface area contributed by atoms with Gasteiger partial charge in [-0.15, -0.1) is 23.7 Å². The second-order valence-corrected chi connectivity index (χ2v) is 6.25. The summed E-state index contributed by atoms with van der Waals surface area (Å²) in [7, 11) is 2.23. The minimum Gasteiger partial charge on any atom is -0.375 e. The van der Waals surface area contributed by atoms with Crippen molar-refractivity contribution in [3.05, 3.63) is 11.1 Å². The Balaban J connectivity index is 0.00000108. The molecule has 0 aliphatic carbocycles. The molecule has 2 saturated heterocycles. The molecule has 0 spiro atoms. The molecule has 3 heterocycles. The van der Waals surface area contributed by atoms with Crippen LogP contribution in [0.4, 0.5) is 5.13 Å². The third-order valence-corrected chi connectivity index (χ3v) is 4.51. The van der Waals surface area contributed by atoms with Crippen LogP contribution in [0.1, 0.15) is 4.88 Å². The van der Waals surface area contributed by atoms with Gasteiger partial charge in [0.1, 0.15) is 0 Å². The fourth-order valence-electron chi connectivity index (χ4n) is 3.07. The topological polar surface area (TPSA) is 45.4 Å². The molecule has 3 rings (SSSR count). The molecule has 96 valence electrons. The van der Waals surface area contributed by atoms with Crippen molar-refractivity contribution in [3.63, 3.8) is 0 Å². The van der Waals surface area contributed by atoms with Gasteiger partial charge in [-0.2, -0.15) is 0 Å². The molecule has 0 unspecified atom stereocenters. The average molecular weight is 275 g/mol. The van der Waals surface area contributed by atoms with Crippen LogP contribution >= 0.6 is 23.7 Å². The van der Waals surface area contributed by atoms with Crippen LogP contribution in [0, 0.1) is 11.8 Å². The van der Waals surface area contributed by atoms with Crippen LogP contribution in [-0.4, -0.2) is 48.0 Å². The van der Waals surface area contributed by atoms with Crippen LogP contribution in [0.25, 0.3) is 0 Å². The Labute approximate surface area is 112 Å². The smallest absolute Gasteiger partial charge is 0.180 e. The Kier molecular flexibility index (Phi) is 3.92. The highest BCUT2D eigenvalue weighted by Crippen LogP contribution is 2.31. The first-order valence-corrected chi connectivity index (χ1v) is 6.63. The van der Waals surface area contributed by atoms with Crippen molar-refractivity contribution >= 4 is 28.9 Å². The SMILES string of the molecule is CN1C[C@@H]2CN(Cc3cnc(N)s3)C[C@@H]2C1.Cl. The number of nitrogens with zero attached hydrogens (tertiary/aromatic N) is 3. The van der Waals surface area contributed by atoms with Gasteiger partial charge in [-0.3, -0.25) is 4.90 Å². The van der Waals surface area contributed by atoms with E-state index in [-0.39, 0.29) is 12.4 Å². The van der Waals surface area contributed by atoms with E-state index in [2.05, 4.69) is 21.8 Å². The monoisotopic (exact) mass is 274 g/mol. The molecule has 2 aliphatic rings. The molecule has 1 aromatic heterocycles. The lowest BCUT2D eigenvalue weighted by Crippen LogP contribution is -2.26. The second kappa shape index (κ2) is 5.10. The Bertz CT molecular complexity index is 369. The Hall–Kier alpha value is -0.360. The number of aromatic nitrogens is 1. The summed E-state index contributed by atoms with van der Waals surface area (Å²) in [6, 6.07) is 0. The number of anilines is 1. The second-order valence-electron chi connectivity index (χ2n) is 5.10.